The minimum absolute atomic E-state index is 0.0317. The van der Waals surface area contributed by atoms with Crippen molar-refractivity contribution in [1.29, 1.82) is 0 Å². The molecule has 0 spiro atoms. The highest BCUT2D eigenvalue weighted by molar-refractivity contribution is 5.97. The van der Waals surface area contributed by atoms with E-state index in [2.05, 4.69) is 5.32 Å². The molecule has 0 aromatic heterocycles. The number of nitrogens with one attached hydrogen (secondary N) is 1. The lowest BCUT2D eigenvalue weighted by Crippen LogP contribution is -2.49. The Balaban J connectivity index is 2.08. The molecular formula is C17H23N3O5. The maximum Gasteiger partial charge on any atom is 0.341 e. The third kappa shape index (κ3) is 4.26. The molecule has 1 aliphatic heterocycles. The summed E-state index contributed by atoms with van der Waals surface area (Å²) >= 11 is 0. The molecule has 0 saturated carbocycles. The Bertz CT molecular complexity index is 666. The van der Waals surface area contributed by atoms with E-state index in [0.29, 0.717) is 5.69 Å². The van der Waals surface area contributed by atoms with Crippen molar-refractivity contribution in [2.75, 3.05) is 19.0 Å². The van der Waals surface area contributed by atoms with Gasteiger partial charge >= 0.3 is 5.97 Å². The molecule has 0 radical (unpaired) electrons. The molecule has 2 rings (SSSR count). The van der Waals surface area contributed by atoms with Crippen molar-refractivity contribution in [3.8, 4) is 0 Å². The van der Waals surface area contributed by atoms with Gasteiger partial charge in [0.05, 0.1) is 10.5 Å². The molecule has 1 N–H and O–H groups in total. The highest BCUT2D eigenvalue weighted by Gasteiger charge is 2.29. The molecule has 2 atom stereocenters. The number of esters is 1. The normalized spacial score (nSPS) is 20.0. The number of nitro benzene ring substituents is 1. The second kappa shape index (κ2) is 7.96. The molecular weight excluding hydrogens is 326 g/mol. The van der Waals surface area contributed by atoms with Crippen molar-refractivity contribution >= 4 is 23.3 Å². The Kier molecular flexibility index (Phi) is 5.95. The van der Waals surface area contributed by atoms with Gasteiger partial charge in [-0.25, -0.2) is 4.79 Å². The summed E-state index contributed by atoms with van der Waals surface area (Å²) in [5.41, 5.74) is 0.225. The number of hydrogen-bond donors (Lipinski definition) is 1. The lowest BCUT2D eigenvalue weighted by Gasteiger charge is -2.38. The largest absolute Gasteiger partial charge is 0.452 e. The maximum atomic E-state index is 12.4. The number of carbonyl (C=O) groups excluding carboxylic acids is 2. The summed E-state index contributed by atoms with van der Waals surface area (Å²) < 4.78 is 5.12. The number of likely N-dealkylation sites (tertiary alicyclic amines) is 1. The van der Waals surface area contributed by atoms with E-state index in [4.69, 9.17) is 4.74 Å². The Morgan fingerprint density at radius 1 is 1.32 bits per heavy atom. The fourth-order valence-electron chi connectivity index (χ4n) is 3.23. The van der Waals surface area contributed by atoms with Gasteiger partial charge in [0.25, 0.3) is 11.6 Å². The summed E-state index contributed by atoms with van der Waals surface area (Å²) in [5, 5.41) is 13.7. The van der Waals surface area contributed by atoms with Gasteiger partial charge < -0.3 is 15.0 Å². The van der Waals surface area contributed by atoms with Crippen LogP contribution in [0.1, 0.15) is 43.5 Å². The van der Waals surface area contributed by atoms with Crippen molar-refractivity contribution in [2.45, 2.75) is 45.2 Å². The van der Waals surface area contributed by atoms with Crippen LogP contribution in [0, 0.1) is 10.1 Å². The fourth-order valence-corrected chi connectivity index (χ4v) is 3.23. The molecule has 0 unspecified atom stereocenters. The zero-order valence-electron chi connectivity index (χ0n) is 14.7. The number of carbonyl (C=O) groups is 2. The van der Waals surface area contributed by atoms with Crippen LogP contribution in [0.15, 0.2) is 18.2 Å². The van der Waals surface area contributed by atoms with E-state index in [1.807, 2.05) is 13.8 Å². The van der Waals surface area contributed by atoms with Crippen molar-refractivity contribution in [3.63, 3.8) is 0 Å². The van der Waals surface area contributed by atoms with E-state index < -0.39 is 10.9 Å². The van der Waals surface area contributed by atoms with Gasteiger partial charge in [-0.05, 0) is 39.2 Å². The fraction of sp³-hybridized carbons (Fsp3) is 0.529. The number of benzene rings is 1. The van der Waals surface area contributed by atoms with Crippen molar-refractivity contribution in [3.05, 3.63) is 33.9 Å². The summed E-state index contributed by atoms with van der Waals surface area (Å²) in [5.74, 6) is -1.01. The third-order valence-electron chi connectivity index (χ3n) is 4.51. The monoisotopic (exact) mass is 349 g/mol. The SMILES string of the molecule is CNc1ccc([N+](=O)[O-])cc1C(=O)OCC(=O)N1[C@@H](C)CCC[C@@H]1C. The van der Waals surface area contributed by atoms with Crippen molar-refractivity contribution in [1.82, 2.24) is 4.90 Å². The quantitative estimate of drug-likeness (QED) is 0.498. The number of rotatable bonds is 5. The Morgan fingerprint density at radius 2 is 1.96 bits per heavy atom. The topological polar surface area (TPSA) is 102 Å². The molecule has 136 valence electrons. The number of non-ortho nitro benzene ring substituents is 1. The molecule has 1 amide bonds. The molecule has 1 aliphatic rings. The average molecular weight is 349 g/mol. The molecule has 1 aromatic rings. The molecule has 1 heterocycles. The Hall–Kier alpha value is -2.64. The summed E-state index contributed by atoms with van der Waals surface area (Å²) in [6.07, 6.45) is 2.93. The lowest BCUT2D eigenvalue weighted by atomic mass is 9.97. The summed E-state index contributed by atoms with van der Waals surface area (Å²) in [7, 11) is 1.60. The first-order valence-electron chi connectivity index (χ1n) is 8.29. The van der Waals surface area contributed by atoms with Gasteiger partial charge in [-0.3, -0.25) is 14.9 Å². The van der Waals surface area contributed by atoms with Crippen LogP contribution in [-0.2, 0) is 9.53 Å². The van der Waals surface area contributed by atoms with E-state index in [1.165, 1.54) is 12.1 Å². The number of hydrogen-bond acceptors (Lipinski definition) is 6. The average Bonchev–Trinajstić information content (AvgIpc) is 2.58. The Morgan fingerprint density at radius 3 is 2.52 bits per heavy atom. The first-order valence-corrected chi connectivity index (χ1v) is 8.29. The minimum atomic E-state index is -0.765. The predicted molar refractivity (Wildman–Crippen MR) is 92.5 cm³/mol. The number of nitro groups is 1. The molecule has 0 aliphatic carbocycles. The van der Waals surface area contributed by atoms with Crippen LogP contribution in [0.2, 0.25) is 0 Å². The molecule has 8 heteroatoms. The van der Waals surface area contributed by atoms with Crippen LogP contribution in [0.4, 0.5) is 11.4 Å². The van der Waals surface area contributed by atoms with Crippen LogP contribution in [-0.4, -0.2) is 47.4 Å². The van der Waals surface area contributed by atoms with Crippen LogP contribution in [0.3, 0.4) is 0 Å². The van der Waals surface area contributed by atoms with Gasteiger partial charge in [-0.15, -0.1) is 0 Å². The first-order chi connectivity index (χ1) is 11.8. The molecule has 1 aromatic carbocycles. The van der Waals surface area contributed by atoms with Gasteiger partial charge in [0.1, 0.15) is 0 Å². The summed E-state index contributed by atoms with van der Waals surface area (Å²) in [4.78, 5) is 36.8. The van der Waals surface area contributed by atoms with E-state index in [-0.39, 0.29) is 35.8 Å². The smallest absolute Gasteiger partial charge is 0.341 e. The highest BCUT2D eigenvalue weighted by atomic mass is 16.6. The third-order valence-corrected chi connectivity index (χ3v) is 4.51. The lowest BCUT2D eigenvalue weighted by molar-refractivity contribution is -0.384. The van der Waals surface area contributed by atoms with Crippen LogP contribution in [0.5, 0.6) is 0 Å². The zero-order valence-corrected chi connectivity index (χ0v) is 14.7. The van der Waals surface area contributed by atoms with Gasteiger partial charge in [0, 0.05) is 37.0 Å². The molecule has 1 saturated heterocycles. The van der Waals surface area contributed by atoms with Gasteiger partial charge in [-0.1, -0.05) is 0 Å². The second-order valence-corrected chi connectivity index (χ2v) is 6.24. The van der Waals surface area contributed by atoms with Gasteiger partial charge in [-0.2, -0.15) is 0 Å². The first kappa shape index (κ1) is 18.7. The van der Waals surface area contributed by atoms with E-state index in [0.717, 1.165) is 25.3 Å². The van der Waals surface area contributed by atoms with E-state index >= 15 is 0 Å². The number of amides is 1. The zero-order chi connectivity index (χ0) is 18.6. The van der Waals surface area contributed by atoms with Crippen molar-refractivity contribution < 1.29 is 19.2 Å². The van der Waals surface area contributed by atoms with Crippen LogP contribution < -0.4 is 5.32 Å². The molecule has 8 nitrogen and oxygen atoms in total. The van der Waals surface area contributed by atoms with Crippen LogP contribution in [0.25, 0.3) is 0 Å². The number of nitrogens with zero attached hydrogens (tertiary/aromatic N) is 2. The van der Waals surface area contributed by atoms with E-state index in [1.54, 1.807) is 11.9 Å². The van der Waals surface area contributed by atoms with E-state index in [9.17, 15) is 19.7 Å². The minimum Gasteiger partial charge on any atom is -0.452 e. The predicted octanol–water partition coefficient (Wildman–Crippen LogP) is 2.58. The molecule has 0 bridgehead atoms. The summed E-state index contributed by atoms with van der Waals surface area (Å²) in [6.45, 7) is 3.59. The summed E-state index contributed by atoms with van der Waals surface area (Å²) in [6, 6.07) is 4.10. The number of piperidine rings is 1. The standard InChI is InChI=1S/C17H23N3O5/c1-11-5-4-6-12(2)19(11)16(21)10-25-17(22)14-9-13(20(23)24)7-8-15(14)18-3/h7-9,11-12,18H,4-6,10H2,1-3H3/t11-,12-/m0/s1. The number of ether oxygens (including phenoxy) is 1. The van der Waals surface area contributed by atoms with Crippen molar-refractivity contribution in [2.24, 2.45) is 0 Å². The molecule has 25 heavy (non-hydrogen) atoms. The van der Waals surface area contributed by atoms with Gasteiger partial charge in [0.15, 0.2) is 6.61 Å². The number of anilines is 1. The maximum absolute atomic E-state index is 12.4. The van der Waals surface area contributed by atoms with Crippen LogP contribution >= 0.6 is 0 Å². The Labute approximate surface area is 146 Å². The molecule has 1 fully saturated rings. The van der Waals surface area contributed by atoms with Gasteiger partial charge in [0.2, 0.25) is 0 Å². The highest BCUT2D eigenvalue weighted by Crippen LogP contribution is 2.24. The second-order valence-electron chi connectivity index (χ2n) is 6.24.